The Bertz CT molecular complexity index is 849. The molecule has 0 aliphatic carbocycles. The van der Waals surface area contributed by atoms with Gasteiger partial charge in [-0.2, -0.15) is 0 Å². The average Bonchev–Trinajstić information content (AvgIpc) is 3.00. The molecule has 0 N–H and O–H groups in total. The molecule has 2 aromatic heterocycles. The number of allylic oxidation sites excluding steroid dienone is 5. The van der Waals surface area contributed by atoms with Crippen molar-refractivity contribution in [1.82, 2.24) is 13.4 Å². The summed E-state index contributed by atoms with van der Waals surface area (Å²) in [5.41, 5.74) is 4.23. The highest BCUT2D eigenvalue weighted by molar-refractivity contribution is 7.79. The fourth-order valence-electron chi connectivity index (χ4n) is 2.41. The molecule has 0 aliphatic rings. The highest BCUT2D eigenvalue weighted by Gasteiger charge is 2.14. The van der Waals surface area contributed by atoms with Crippen LogP contribution in [0, 0.1) is 0 Å². The summed E-state index contributed by atoms with van der Waals surface area (Å²) in [5, 5.41) is 0. The normalized spacial score (nSPS) is 12.8. The minimum Gasteiger partial charge on any atom is -0.276 e. The van der Waals surface area contributed by atoms with E-state index in [9.17, 15) is 0 Å². The predicted octanol–water partition coefficient (Wildman–Crippen LogP) is 4.13. The van der Waals surface area contributed by atoms with E-state index in [4.69, 9.17) is 0 Å². The molecular weight excluding hydrogens is 266 g/mol. The van der Waals surface area contributed by atoms with E-state index < -0.39 is 0 Å². The Labute approximate surface area is 123 Å². The van der Waals surface area contributed by atoms with Crippen molar-refractivity contribution in [3.05, 3.63) is 67.0 Å². The minimum absolute atomic E-state index is 0.809. The highest BCUT2D eigenvalue weighted by atomic mass is 32.1. The average molecular weight is 281 g/mol. The SMILES string of the molecule is C=CC=C(/C=C\C)c1cnc2n(S)c3ccccc3n12. The lowest BCUT2D eigenvalue weighted by atomic mass is 10.1. The van der Waals surface area contributed by atoms with Crippen LogP contribution in [0.1, 0.15) is 12.6 Å². The second-order valence-corrected chi connectivity index (χ2v) is 4.84. The third-order valence-electron chi connectivity index (χ3n) is 3.22. The Morgan fingerprint density at radius 3 is 2.75 bits per heavy atom. The molecule has 0 amide bonds. The van der Waals surface area contributed by atoms with Crippen LogP contribution in [0.25, 0.3) is 22.4 Å². The summed E-state index contributed by atoms with van der Waals surface area (Å²) < 4.78 is 3.91. The number of imidazole rings is 2. The van der Waals surface area contributed by atoms with Gasteiger partial charge in [-0.25, -0.2) is 4.98 Å². The van der Waals surface area contributed by atoms with E-state index in [1.807, 2.05) is 43.5 Å². The van der Waals surface area contributed by atoms with Gasteiger partial charge in [-0.05, 0) is 24.6 Å². The van der Waals surface area contributed by atoms with Crippen molar-refractivity contribution in [3.63, 3.8) is 0 Å². The van der Waals surface area contributed by atoms with Gasteiger partial charge in [-0.1, -0.05) is 55.8 Å². The molecule has 0 aliphatic heterocycles. The molecule has 0 saturated heterocycles. The second kappa shape index (κ2) is 5.06. The number of para-hydroxylation sites is 2. The van der Waals surface area contributed by atoms with Crippen molar-refractivity contribution in [1.29, 1.82) is 0 Å². The van der Waals surface area contributed by atoms with Crippen molar-refractivity contribution in [3.8, 4) is 0 Å². The maximum atomic E-state index is 4.53. The van der Waals surface area contributed by atoms with Gasteiger partial charge >= 0.3 is 0 Å². The van der Waals surface area contributed by atoms with Crippen molar-refractivity contribution in [2.45, 2.75) is 6.92 Å². The van der Waals surface area contributed by atoms with E-state index in [1.165, 1.54) is 0 Å². The van der Waals surface area contributed by atoms with Gasteiger partial charge in [-0.15, -0.1) is 0 Å². The first-order valence-corrected chi connectivity index (χ1v) is 6.80. The Kier molecular flexibility index (Phi) is 3.24. The van der Waals surface area contributed by atoms with Gasteiger partial charge in [0.2, 0.25) is 5.78 Å². The summed E-state index contributed by atoms with van der Waals surface area (Å²) in [7, 11) is 0. The maximum Gasteiger partial charge on any atom is 0.225 e. The van der Waals surface area contributed by atoms with E-state index >= 15 is 0 Å². The number of hydrogen-bond acceptors (Lipinski definition) is 2. The van der Waals surface area contributed by atoms with Gasteiger partial charge < -0.3 is 0 Å². The van der Waals surface area contributed by atoms with Gasteiger partial charge in [0, 0.05) is 0 Å². The summed E-state index contributed by atoms with van der Waals surface area (Å²) >= 11 is 4.53. The third kappa shape index (κ3) is 1.80. The molecule has 0 fully saturated rings. The lowest BCUT2D eigenvalue weighted by Crippen LogP contribution is -1.89. The molecule has 0 saturated carbocycles. The molecule has 2 heterocycles. The summed E-state index contributed by atoms with van der Waals surface area (Å²) in [6.07, 6.45) is 9.69. The molecular formula is C16H15N3S. The molecule has 3 rings (SSSR count). The van der Waals surface area contributed by atoms with Crippen LogP contribution in [0.15, 0.2) is 61.3 Å². The zero-order valence-corrected chi connectivity index (χ0v) is 12.1. The van der Waals surface area contributed by atoms with Gasteiger partial charge in [0.1, 0.15) is 0 Å². The number of thiol groups is 1. The van der Waals surface area contributed by atoms with Crippen LogP contribution < -0.4 is 0 Å². The van der Waals surface area contributed by atoms with Gasteiger partial charge in [0.25, 0.3) is 0 Å². The number of benzene rings is 1. The molecule has 1 aromatic carbocycles. The third-order valence-corrected chi connectivity index (χ3v) is 3.62. The van der Waals surface area contributed by atoms with Gasteiger partial charge in [0.15, 0.2) is 0 Å². The summed E-state index contributed by atoms with van der Waals surface area (Å²) in [5.74, 6) is 0.809. The van der Waals surface area contributed by atoms with Crippen LogP contribution in [-0.2, 0) is 0 Å². The first-order chi connectivity index (χ1) is 9.77. The molecule has 0 spiro atoms. The smallest absolute Gasteiger partial charge is 0.225 e. The van der Waals surface area contributed by atoms with Crippen molar-refractivity contribution < 1.29 is 0 Å². The van der Waals surface area contributed by atoms with Gasteiger partial charge in [0.05, 0.1) is 22.9 Å². The fraction of sp³-hybridized carbons (Fsp3) is 0.0625. The zero-order chi connectivity index (χ0) is 14.1. The largest absolute Gasteiger partial charge is 0.276 e. The quantitative estimate of drug-likeness (QED) is 0.566. The number of fused-ring (bicyclic) bond motifs is 3. The number of aromatic nitrogens is 3. The Morgan fingerprint density at radius 2 is 2.05 bits per heavy atom. The summed E-state index contributed by atoms with van der Waals surface area (Å²) in [6, 6.07) is 8.13. The van der Waals surface area contributed by atoms with Crippen LogP contribution >= 0.6 is 12.8 Å². The fourth-order valence-corrected chi connectivity index (χ4v) is 2.72. The van der Waals surface area contributed by atoms with Gasteiger partial charge in [-0.3, -0.25) is 8.37 Å². The Hall–Kier alpha value is -2.20. The van der Waals surface area contributed by atoms with Crippen LogP contribution in [0.5, 0.6) is 0 Å². The maximum absolute atomic E-state index is 4.53. The van der Waals surface area contributed by atoms with E-state index in [2.05, 4.69) is 40.9 Å². The number of rotatable bonds is 3. The van der Waals surface area contributed by atoms with Crippen LogP contribution in [-0.4, -0.2) is 13.4 Å². The topological polar surface area (TPSA) is 22.2 Å². The highest BCUT2D eigenvalue weighted by Crippen LogP contribution is 2.26. The lowest BCUT2D eigenvalue weighted by molar-refractivity contribution is 1.20. The minimum atomic E-state index is 0.809. The predicted molar refractivity (Wildman–Crippen MR) is 88.1 cm³/mol. The molecule has 3 aromatic rings. The van der Waals surface area contributed by atoms with Crippen LogP contribution in [0.4, 0.5) is 0 Å². The molecule has 0 radical (unpaired) electrons. The molecule has 3 nitrogen and oxygen atoms in total. The van der Waals surface area contributed by atoms with E-state index in [-0.39, 0.29) is 0 Å². The number of hydrogen-bond donors (Lipinski definition) is 1. The first kappa shape index (κ1) is 12.8. The molecule has 20 heavy (non-hydrogen) atoms. The van der Waals surface area contributed by atoms with E-state index in [0.717, 1.165) is 28.1 Å². The standard InChI is InChI=1S/C16H15N3S/c1-3-7-12(8-4-2)15-11-17-16-18(15)13-9-5-6-10-14(13)19(16)20/h3-11,20H,1H2,2H3/b8-4-,12-7?. The zero-order valence-electron chi connectivity index (χ0n) is 11.2. The molecule has 4 heteroatoms. The monoisotopic (exact) mass is 281 g/mol. The Morgan fingerprint density at radius 1 is 1.30 bits per heavy atom. The molecule has 0 unspecified atom stereocenters. The van der Waals surface area contributed by atoms with Crippen molar-refractivity contribution >= 4 is 35.2 Å². The van der Waals surface area contributed by atoms with Crippen molar-refractivity contribution in [2.24, 2.45) is 0 Å². The van der Waals surface area contributed by atoms with Crippen LogP contribution in [0.3, 0.4) is 0 Å². The molecule has 0 bridgehead atoms. The molecule has 0 atom stereocenters. The van der Waals surface area contributed by atoms with E-state index in [1.54, 1.807) is 10.0 Å². The lowest BCUT2D eigenvalue weighted by Gasteiger charge is -2.00. The molecule has 100 valence electrons. The summed E-state index contributed by atoms with van der Waals surface area (Å²) in [6.45, 7) is 5.78. The summed E-state index contributed by atoms with van der Waals surface area (Å²) in [4.78, 5) is 4.48. The Balaban J connectivity index is 2.40. The number of nitrogens with zero attached hydrogens (tertiary/aromatic N) is 3. The van der Waals surface area contributed by atoms with E-state index in [0.29, 0.717) is 0 Å². The van der Waals surface area contributed by atoms with Crippen LogP contribution in [0.2, 0.25) is 0 Å². The first-order valence-electron chi connectivity index (χ1n) is 6.40. The second-order valence-electron chi connectivity index (χ2n) is 4.44. The van der Waals surface area contributed by atoms with Crippen molar-refractivity contribution in [2.75, 3.05) is 0 Å².